The number of rotatable bonds is 9. The lowest BCUT2D eigenvalue weighted by Gasteiger charge is -2.13. The molecule has 1 unspecified atom stereocenters. The Morgan fingerprint density at radius 3 is 2.74 bits per heavy atom. The van der Waals surface area contributed by atoms with E-state index in [9.17, 15) is 4.79 Å². The molecule has 0 saturated heterocycles. The van der Waals surface area contributed by atoms with Crippen LogP contribution in [0.25, 0.3) is 0 Å². The van der Waals surface area contributed by atoms with Gasteiger partial charge in [-0.3, -0.25) is 4.79 Å². The summed E-state index contributed by atoms with van der Waals surface area (Å²) >= 11 is 0. The van der Waals surface area contributed by atoms with Gasteiger partial charge in [-0.25, -0.2) is 0 Å². The number of hydrogen-bond donors (Lipinski definition) is 1. The summed E-state index contributed by atoms with van der Waals surface area (Å²) < 4.78 is 0. The Hall–Kier alpha value is -1.31. The first-order chi connectivity index (χ1) is 9.15. The largest absolute Gasteiger partial charge is 0.399 e. The number of nitrogen functional groups attached to an aromatic ring is 1. The summed E-state index contributed by atoms with van der Waals surface area (Å²) in [6.45, 7) is 4.39. The Balaban J connectivity index is 2.34. The monoisotopic (exact) mass is 261 g/mol. The van der Waals surface area contributed by atoms with Crippen LogP contribution in [0.4, 0.5) is 5.69 Å². The highest BCUT2D eigenvalue weighted by Gasteiger charge is 2.11. The van der Waals surface area contributed by atoms with Crippen molar-refractivity contribution in [2.24, 2.45) is 5.92 Å². The minimum absolute atomic E-state index is 0.394. The molecule has 0 fully saturated rings. The first-order valence-electron chi connectivity index (χ1n) is 7.51. The summed E-state index contributed by atoms with van der Waals surface area (Å²) in [5.74, 6) is 0.971. The maximum absolute atomic E-state index is 12.0. The molecule has 2 heteroatoms. The lowest BCUT2D eigenvalue weighted by Crippen LogP contribution is -2.09. The van der Waals surface area contributed by atoms with E-state index in [1.807, 2.05) is 24.3 Å². The van der Waals surface area contributed by atoms with Gasteiger partial charge in [0.1, 0.15) is 5.78 Å². The van der Waals surface area contributed by atoms with Crippen molar-refractivity contribution in [3.05, 3.63) is 29.8 Å². The number of hydrogen-bond acceptors (Lipinski definition) is 2. The van der Waals surface area contributed by atoms with Crippen molar-refractivity contribution in [1.82, 2.24) is 0 Å². The van der Waals surface area contributed by atoms with Gasteiger partial charge in [-0.15, -0.1) is 0 Å². The molecular weight excluding hydrogens is 234 g/mol. The standard InChI is InChI=1S/C17H27NO/c1-3-5-7-14(4-2)13-17(19)11-10-15-8-6-9-16(18)12-15/h6,8-9,12,14H,3-5,7,10-11,13,18H2,1-2H3. The van der Waals surface area contributed by atoms with E-state index in [0.29, 0.717) is 18.1 Å². The Morgan fingerprint density at radius 2 is 2.11 bits per heavy atom. The molecule has 0 aliphatic heterocycles. The van der Waals surface area contributed by atoms with Gasteiger partial charge in [-0.2, -0.15) is 0 Å². The molecule has 0 aromatic heterocycles. The minimum Gasteiger partial charge on any atom is -0.399 e. The summed E-state index contributed by atoms with van der Waals surface area (Å²) in [7, 11) is 0. The third-order valence-corrected chi connectivity index (χ3v) is 3.70. The van der Waals surface area contributed by atoms with E-state index in [0.717, 1.165) is 30.5 Å². The van der Waals surface area contributed by atoms with Crippen molar-refractivity contribution in [2.75, 3.05) is 5.73 Å². The summed E-state index contributed by atoms with van der Waals surface area (Å²) in [6, 6.07) is 7.83. The van der Waals surface area contributed by atoms with Crippen molar-refractivity contribution in [1.29, 1.82) is 0 Å². The highest BCUT2D eigenvalue weighted by Crippen LogP contribution is 2.18. The van der Waals surface area contributed by atoms with Gasteiger partial charge in [-0.1, -0.05) is 51.7 Å². The van der Waals surface area contributed by atoms with Crippen LogP contribution in [0.2, 0.25) is 0 Å². The van der Waals surface area contributed by atoms with Gasteiger partial charge in [0.25, 0.3) is 0 Å². The number of anilines is 1. The van der Waals surface area contributed by atoms with Crippen molar-refractivity contribution >= 4 is 11.5 Å². The number of benzene rings is 1. The fourth-order valence-corrected chi connectivity index (χ4v) is 2.40. The van der Waals surface area contributed by atoms with E-state index in [1.165, 1.54) is 19.3 Å². The molecule has 0 aliphatic rings. The zero-order valence-corrected chi connectivity index (χ0v) is 12.3. The Morgan fingerprint density at radius 1 is 1.32 bits per heavy atom. The van der Waals surface area contributed by atoms with Crippen LogP contribution in [0.15, 0.2) is 24.3 Å². The molecule has 1 atom stereocenters. The predicted octanol–water partition coefficient (Wildman–Crippen LogP) is 4.38. The van der Waals surface area contributed by atoms with Gasteiger partial charge in [0.15, 0.2) is 0 Å². The number of Topliss-reactive ketones (excluding diaryl/α,β-unsaturated/α-hetero) is 1. The summed E-state index contributed by atoms with van der Waals surface area (Å²) in [4.78, 5) is 12.0. The van der Waals surface area contributed by atoms with Crippen LogP contribution < -0.4 is 5.73 Å². The first kappa shape index (κ1) is 15.7. The van der Waals surface area contributed by atoms with E-state index in [4.69, 9.17) is 5.73 Å². The molecule has 19 heavy (non-hydrogen) atoms. The molecule has 0 saturated carbocycles. The van der Waals surface area contributed by atoms with Gasteiger partial charge >= 0.3 is 0 Å². The number of carbonyl (C=O) groups excluding carboxylic acids is 1. The average molecular weight is 261 g/mol. The maximum atomic E-state index is 12.0. The number of ketones is 1. The molecule has 0 bridgehead atoms. The van der Waals surface area contributed by atoms with Crippen LogP contribution >= 0.6 is 0 Å². The molecule has 0 amide bonds. The van der Waals surface area contributed by atoms with Gasteiger partial charge in [0.2, 0.25) is 0 Å². The van der Waals surface area contributed by atoms with E-state index in [-0.39, 0.29) is 0 Å². The van der Waals surface area contributed by atoms with Crippen LogP contribution in [-0.2, 0) is 11.2 Å². The molecule has 0 heterocycles. The molecule has 106 valence electrons. The maximum Gasteiger partial charge on any atom is 0.133 e. The topological polar surface area (TPSA) is 43.1 Å². The van der Waals surface area contributed by atoms with E-state index in [1.54, 1.807) is 0 Å². The van der Waals surface area contributed by atoms with Crippen molar-refractivity contribution < 1.29 is 4.79 Å². The lowest BCUT2D eigenvalue weighted by molar-refractivity contribution is -0.120. The normalized spacial score (nSPS) is 12.3. The SMILES string of the molecule is CCCCC(CC)CC(=O)CCc1cccc(N)c1. The molecule has 0 aliphatic carbocycles. The van der Waals surface area contributed by atoms with E-state index >= 15 is 0 Å². The molecule has 0 radical (unpaired) electrons. The van der Waals surface area contributed by atoms with E-state index < -0.39 is 0 Å². The van der Waals surface area contributed by atoms with Gasteiger partial charge < -0.3 is 5.73 Å². The molecule has 1 rings (SSSR count). The van der Waals surface area contributed by atoms with Gasteiger partial charge in [0, 0.05) is 18.5 Å². The number of nitrogens with two attached hydrogens (primary N) is 1. The molecule has 2 nitrogen and oxygen atoms in total. The van der Waals surface area contributed by atoms with Crippen LogP contribution in [0.1, 0.15) is 57.9 Å². The van der Waals surface area contributed by atoms with Gasteiger partial charge in [0.05, 0.1) is 0 Å². The van der Waals surface area contributed by atoms with Gasteiger partial charge in [-0.05, 0) is 30.0 Å². The summed E-state index contributed by atoms with van der Waals surface area (Å²) in [6.07, 6.45) is 6.97. The van der Waals surface area contributed by atoms with Crippen LogP contribution in [-0.4, -0.2) is 5.78 Å². The van der Waals surface area contributed by atoms with E-state index in [2.05, 4.69) is 13.8 Å². The fraction of sp³-hybridized carbons (Fsp3) is 0.588. The third kappa shape index (κ3) is 6.42. The van der Waals surface area contributed by atoms with Crippen molar-refractivity contribution in [2.45, 2.75) is 58.8 Å². The van der Waals surface area contributed by atoms with Crippen LogP contribution in [0.3, 0.4) is 0 Å². The quantitative estimate of drug-likeness (QED) is 0.670. The Bertz CT molecular complexity index is 387. The predicted molar refractivity (Wildman–Crippen MR) is 82.1 cm³/mol. The minimum atomic E-state index is 0.394. The third-order valence-electron chi connectivity index (χ3n) is 3.70. The summed E-state index contributed by atoms with van der Waals surface area (Å²) in [5, 5.41) is 0. The molecule has 0 spiro atoms. The average Bonchev–Trinajstić information content (AvgIpc) is 2.41. The smallest absolute Gasteiger partial charge is 0.133 e. The molecule has 1 aromatic rings. The van der Waals surface area contributed by atoms with Crippen molar-refractivity contribution in [3.63, 3.8) is 0 Å². The Labute approximate surface area is 117 Å². The molecular formula is C17H27NO. The second-order valence-electron chi connectivity index (χ2n) is 5.40. The highest BCUT2D eigenvalue weighted by atomic mass is 16.1. The molecule has 2 N–H and O–H groups in total. The number of aryl methyl sites for hydroxylation is 1. The van der Waals surface area contributed by atoms with Crippen LogP contribution in [0, 0.1) is 5.92 Å². The lowest BCUT2D eigenvalue weighted by atomic mass is 9.92. The number of unbranched alkanes of at least 4 members (excludes halogenated alkanes) is 1. The summed E-state index contributed by atoms with van der Waals surface area (Å²) in [5.41, 5.74) is 7.68. The fourth-order valence-electron chi connectivity index (χ4n) is 2.40. The zero-order chi connectivity index (χ0) is 14.1. The number of carbonyl (C=O) groups is 1. The first-order valence-corrected chi connectivity index (χ1v) is 7.51. The Kier molecular flexibility index (Phi) is 7.24. The highest BCUT2D eigenvalue weighted by molar-refractivity contribution is 5.78. The van der Waals surface area contributed by atoms with Crippen LogP contribution in [0.5, 0.6) is 0 Å². The zero-order valence-electron chi connectivity index (χ0n) is 12.3. The molecule has 1 aromatic carbocycles. The second kappa shape index (κ2) is 8.73. The van der Waals surface area contributed by atoms with Crippen molar-refractivity contribution in [3.8, 4) is 0 Å². The second-order valence-corrected chi connectivity index (χ2v) is 5.40.